The smallest absolute Gasteiger partial charge is 0.194 e. The Morgan fingerprint density at radius 3 is 1.21 bits per heavy atom. The zero-order valence-corrected chi connectivity index (χ0v) is 35.5. The van der Waals surface area contributed by atoms with Crippen molar-refractivity contribution in [1.29, 1.82) is 21.0 Å². The normalized spacial score (nSPS) is 20.2. The first kappa shape index (κ1) is 39.4. The van der Waals surface area contributed by atoms with Crippen LogP contribution in [0.3, 0.4) is 0 Å². The molecule has 306 valence electrons. The Bertz CT molecular complexity index is 3180. The lowest BCUT2D eigenvalue weighted by Gasteiger charge is -2.37. The third kappa shape index (κ3) is 5.28. The second kappa shape index (κ2) is 14.0. The molecule has 2 saturated carbocycles. The van der Waals surface area contributed by atoms with Gasteiger partial charge in [0.25, 0.3) is 0 Å². The van der Waals surface area contributed by atoms with Crippen LogP contribution in [0.25, 0.3) is 42.1 Å². The zero-order valence-electron chi connectivity index (χ0n) is 33.0. The molecule has 2 fully saturated rings. The molecule has 3 heterocycles. The third-order valence-corrected chi connectivity index (χ3v) is 17.9. The first-order valence-electron chi connectivity index (χ1n) is 20.6. The molecule has 6 aliphatic carbocycles. The average Bonchev–Trinajstić information content (AvgIpc) is 4.12. The van der Waals surface area contributed by atoms with Crippen LogP contribution in [-0.4, -0.2) is 11.6 Å². The van der Waals surface area contributed by atoms with Gasteiger partial charge in [0.15, 0.2) is 34.8 Å². The van der Waals surface area contributed by atoms with Gasteiger partial charge in [-0.25, -0.2) is 17.6 Å². The van der Waals surface area contributed by atoms with Crippen LogP contribution in [0.15, 0.2) is 69.9 Å². The summed E-state index contributed by atoms with van der Waals surface area (Å²) in [5, 5.41) is 39.9. The SMILES string of the molecule is N#CC(C#N)=C1/C(=C/C2=Cc3sc4c(sc5c6c(sc54)C=C(/C=C4/C(=O)c5cc(F)c(F)cc5C4=C(C#N)C#N)C64CCCCC4)c3C23CCCCC3)C(=O)c2cc(F)c(F)cc21. The Labute approximate surface area is 369 Å². The van der Waals surface area contributed by atoms with Gasteiger partial charge >= 0.3 is 0 Å². The Hall–Kier alpha value is -6.48. The van der Waals surface area contributed by atoms with Crippen molar-refractivity contribution in [3.05, 3.63) is 136 Å². The second-order valence-electron chi connectivity index (χ2n) is 16.9. The quantitative estimate of drug-likeness (QED) is 0.0986. The summed E-state index contributed by atoms with van der Waals surface area (Å²) < 4.78 is 62.9. The summed E-state index contributed by atoms with van der Waals surface area (Å²) in [5.41, 5.74) is 2.48. The van der Waals surface area contributed by atoms with Crippen LogP contribution >= 0.6 is 34.0 Å². The van der Waals surface area contributed by atoms with Crippen LogP contribution in [0.2, 0.25) is 0 Å². The van der Waals surface area contributed by atoms with E-state index in [1.807, 2.05) is 24.3 Å². The molecule has 0 amide bonds. The van der Waals surface area contributed by atoms with Crippen LogP contribution in [0.1, 0.15) is 117 Å². The Morgan fingerprint density at radius 2 is 0.857 bits per heavy atom. The van der Waals surface area contributed by atoms with Crippen LogP contribution in [0.5, 0.6) is 0 Å². The van der Waals surface area contributed by atoms with Crippen molar-refractivity contribution in [3.8, 4) is 24.3 Å². The standard InChI is InChI=1S/C50H28F4N4O2S3/c51-33-15-27-29(17-35(33)53)43(59)31(39(27)23(19-55)20-56)11-25-13-37-41(49(25)7-3-1-4-8-49)45-47(61-37)48-46(63-45)42-38(62-48)14-26(50(42)9-5-2-6-10-50)12-32-40(24(21-57)22-58)28-16-34(52)36(54)18-30(28)44(32)60/h11-18H,1-10H2/b31-11-,32-12+. The van der Waals surface area contributed by atoms with Gasteiger partial charge in [-0.3, -0.25) is 9.59 Å². The number of rotatable bonds is 2. The lowest BCUT2D eigenvalue weighted by Crippen LogP contribution is -2.29. The van der Waals surface area contributed by atoms with E-state index in [0.717, 1.165) is 119 Å². The lowest BCUT2D eigenvalue weighted by molar-refractivity contribution is 0.103. The number of carbonyl (C=O) groups is 2. The third-order valence-electron chi connectivity index (χ3n) is 14.0. The topological polar surface area (TPSA) is 129 Å². The first-order chi connectivity index (χ1) is 30.5. The van der Waals surface area contributed by atoms with Crippen molar-refractivity contribution in [3.63, 3.8) is 0 Å². The summed E-state index contributed by atoms with van der Waals surface area (Å²) in [6, 6.07) is 10.9. The molecule has 11 rings (SSSR count). The van der Waals surface area contributed by atoms with Crippen molar-refractivity contribution < 1.29 is 27.2 Å². The van der Waals surface area contributed by atoms with E-state index in [4.69, 9.17) is 0 Å². The minimum absolute atomic E-state index is 0.0102. The first-order valence-corrected chi connectivity index (χ1v) is 23.0. The number of halogens is 4. The molecule has 0 radical (unpaired) electrons. The van der Waals surface area contributed by atoms with E-state index in [1.54, 1.807) is 46.2 Å². The van der Waals surface area contributed by atoms with E-state index in [-0.39, 0.29) is 55.7 Å². The molecule has 2 aromatic carbocycles. The van der Waals surface area contributed by atoms with Crippen molar-refractivity contribution in [2.45, 2.75) is 75.0 Å². The number of Topliss-reactive ketones (excluding diaryl/α,β-unsaturated/α-hetero) is 2. The van der Waals surface area contributed by atoms with Gasteiger partial charge in [0.05, 0.1) is 18.8 Å². The Morgan fingerprint density at radius 1 is 0.508 bits per heavy atom. The van der Waals surface area contributed by atoms with Gasteiger partial charge in [0.1, 0.15) is 35.4 Å². The van der Waals surface area contributed by atoms with Crippen LogP contribution < -0.4 is 0 Å². The summed E-state index contributed by atoms with van der Waals surface area (Å²) in [4.78, 5) is 30.2. The van der Waals surface area contributed by atoms with E-state index in [0.29, 0.717) is 0 Å². The monoisotopic (exact) mass is 888 g/mol. The maximum absolute atomic E-state index is 14.6. The fraction of sp³-hybridized carbons (Fsp3) is 0.240. The number of allylic oxidation sites excluding steroid dienone is 10. The summed E-state index contributed by atoms with van der Waals surface area (Å²) in [7, 11) is 0. The average molecular weight is 889 g/mol. The molecule has 2 spiro atoms. The predicted molar refractivity (Wildman–Crippen MR) is 234 cm³/mol. The summed E-state index contributed by atoms with van der Waals surface area (Å²) >= 11 is 5.13. The Balaban J connectivity index is 1.07. The largest absolute Gasteiger partial charge is 0.289 e. The molecule has 0 atom stereocenters. The van der Waals surface area contributed by atoms with E-state index < -0.39 is 45.7 Å². The molecule has 0 aliphatic heterocycles. The minimum atomic E-state index is -1.19. The number of ketones is 2. The van der Waals surface area contributed by atoms with Crippen molar-refractivity contribution >= 4 is 87.7 Å². The molecule has 0 unspecified atom stereocenters. The van der Waals surface area contributed by atoms with E-state index in [9.17, 15) is 48.2 Å². The highest BCUT2D eigenvalue weighted by molar-refractivity contribution is 7.39. The fourth-order valence-corrected chi connectivity index (χ4v) is 16.1. The molecule has 0 saturated heterocycles. The van der Waals surface area contributed by atoms with Crippen LogP contribution in [0, 0.1) is 68.6 Å². The number of fused-ring (bicyclic) bond motifs is 11. The predicted octanol–water partition coefficient (Wildman–Crippen LogP) is 13.2. The number of nitrogens with zero attached hydrogens (tertiary/aromatic N) is 4. The minimum Gasteiger partial charge on any atom is -0.289 e. The van der Waals surface area contributed by atoms with Crippen molar-refractivity contribution in [2.24, 2.45) is 0 Å². The summed E-state index contributed by atoms with van der Waals surface area (Å²) in [6.45, 7) is 0. The number of nitriles is 4. The Kier molecular flexibility index (Phi) is 8.76. The molecular weight excluding hydrogens is 861 g/mol. The van der Waals surface area contributed by atoms with Gasteiger partial charge in [-0.1, -0.05) is 38.5 Å². The van der Waals surface area contributed by atoms with Crippen molar-refractivity contribution in [1.82, 2.24) is 0 Å². The molecule has 6 nitrogen and oxygen atoms in total. The molecular formula is C50H28F4N4O2S3. The summed E-state index contributed by atoms with van der Waals surface area (Å²) in [5.74, 6) is -5.88. The molecule has 3 aromatic heterocycles. The maximum atomic E-state index is 14.6. The number of hydrogen-bond acceptors (Lipinski definition) is 9. The molecule has 0 N–H and O–H groups in total. The van der Waals surface area contributed by atoms with Crippen molar-refractivity contribution in [2.75, 3.05) is 0 Å². The molecule has 63 heavy (non-hydrogen) atoms. The van der Waals surface area contributed by atoms with E-state index in [1.165, 1.54) is 20.5 Å². The maximum Gasteiger partial charge on any atom is 0.194 e. The highest BCUT2D eigenvalue weighted by atomic mass is 32.1. The number of hydrogen-bond donors (Lipinski definition) is 0. The fourth-order valence-electron chi connectivity index (χ4n) is 11.3. The second-order valence-corrected chi connectivity index (χ2v) is 20.1. The van der Waals surface area contributed by atoms with Crippen LogP contribution in [-0.2, 0) is 10.8 Å². The van der Waals surface area contributed by atoms with E-state index >= 15 is 0 Å². The van der Waals surface area contributed by atoms with Gasteiger partial charge in [-0.15, -0.1) is 34.0 Å². The molecule has 5 aromatic rings. The number of benzene rings is 2. The molecule has 13 heteroatoms. The summed E-state index contributed by atoms with van der Waals surface area (Å²) in [6.07, 6.45) is 16.7. The highest BCUT2D eigenvalue weighted by Gasteiger charge is 2.49. The van der Waals surface area contributed by atoms with E-state index in [2.05, 4.69) is 12.2 Å². The number of thiophene rings is 3. The van der Waals surface area contributed by atoms with Gasteiger partial charge < -0.3 is 0 Å². The van der Waals surface area contributed by atoms with Crippen LogP contribution in [0.4, 0.5) is 17.6 Å². The molecule has 6 aliphatic rings. The lowest BCUT2D eigenvalue weighted by atomic mass is 9.67. The van der Waals surface area contributed by atoms with Gasteiger partial charge in [-0.05, 0) is 108 Å². The van der Waals surface area contributed by atoms with Gasteiger partial charge in [0, 0.05) is 54.0 Å². The van der Waals surface area contributed by atoms with Gasteiger partial charge in [-0.2, -0.15) is 21.0 Å². The highest BCUT2D eigenvalue weighted by Crippen LogP contribution is 2.64. The zero-order chi connectivity index (χ0) is 43.7. The molecule has 0 bridgehead atoms. The van der Waals surface area contributed by atoms with Gasteiger partial charge in [0.2, 0.25) is 0 Å². The number of carbonyl (C=O) groups excluding carboxylic acids is 2.